The van der Waals surface area contributed by atoms with Crippen LogP contribution in [0.4, 0.5) is 0 Å². The Morgan fingerprint density at radius 1 is 1.21 bits per heavy atom. The van der Waals surface area contributed by atoms with Gasteiger partial charge in [0.15, 0.2) is 0 Å². The molecule has 1 aromatic carbocycles. The summed E-state index contributed by atoms with van der Waals surface area (Å²) in [5.74, 6) is 0.475. The van der Waals surface area contributed by atoms with Crippen LogP contribution in [0.25, 0.3) is 11.1 Å². The van der Waals surface area contributed by atoms with Crippen molar-refractivity contribution in [3.8, 4) is 22.8 Å². The average molecular weight is 519 g/mol. The molecule has 0 bridgehead atoms. The molecule has 9 heteroatoms. The summed E-state index contributed by atoms with van der Waals surface area (Å²) in [6.45, 7) is 4.28. The van der Waals surface area contributed by atoms with Gasteiger partial charge in [-0.15, -0.1) is 0 Å². The van der Waals surface area contributed by atoms with Gasteiger partial charge in [0.25, 0.3) is 5.91 Å². The Balaban J connectivity index is 1.63. The molecule has 3 aromatic rings. The second kappa shape index (κ2) is 12.0. The molecule has 1 aliphatic heterocycles. The molecule has 0 unspecified atom stereocenters. The van der Waals surface area contributed by atoms with Crippen molar-refractivity contribution in [3.63, 3.8) is 0 Å². The molecule has 0 spiro atoms. The van der Waals surface area contributed by atoms with Gasteiger partial charge in [0, 0.05) is 43.2 Å². The van der Waals surface area contributed by atoms with E-state index in [-0.39, 0.29) is 36.6 Å². The monoisotopic (exact) mass is 518 g/mol. The number of ether oxygens (including phenoxy) is 2. The first kappa shape index (κ1) is 27.1. The number of likely N-dealkylation sites (N-methyl/N-ethyl adjacent to an activating group) is 1. The van der Waals surface area contributed by atoms with Gasteiger partial charge in [-0.3, -0.25) is 14.6 Å². The molecule has 2 amide bonds. The van der Waals surface area contributed by atoms with Crippen LogP contribution in [0.1, 0.15) is 29.9 Å². The van der Waals surface area contributed by atoms with Crippen molar-refractivity contribution in [2.45, 2.75) is 32.4 Å². The largest absolute Gasteiger partial charge is 0.497 e. The minimum absolute atomic E-state index is 0.0822. The Kier molecular flexibility index (Phi) is 8.58. The number of aromatic nitrogens is 2. The fraction of sp³-hybridized carbons (Fsp3) is 0.379. The zero-order valence-corrected chi connectivity index (χ0v) is 22.2. The lowest BCUT2D eigenvalue weighted by molar-refractivity contribution is -0.130. The van der Waals surface area contributed by atoms with E-state index in [1.165, 1.54) is 0 Å². The first-order chi connectivity index (χ1) is 18.3. The van der Waals surface area contributed by atoms with E-state index in [0.717, 1.165) is 16.9 Å². The Labute approximate surface area is 223 Å². The Bertz CT molecular complexity index is 1250. The highest BCUT2D eigenvalue weighted by molar-refractivity contribution is 5.98. The van der Waals surface area contributed by atoms with Crippen LogP contribution in [-0.2, 0) is 11.2 Å². The third-order valence-electron chi connectivity index (χ3n) is 6.88. The molecule has 0 aliphatic carbocycles. The lowest BCUT2D eigenvalue weighted by atomic mass is 9.99. The summed E-state index contributed by atoms with van der Waals surface area (Å²) in [6.07, 6.45) is 3.10. The minimum Gasteiger partial charge on any atom is -0.497 e. The predicted octanol–water partition coefficient (Wildman–Crippen LogP) is 3.07. The quantitative estimate of drug-likeness (QED) is 0.489. The van der Waals surface area contributed by atoms with Crippen LogP contribution in [0.3, 0.4) is 0 Å². The van der Waals surface area contributed by atoms with Gasteiger partial charge in [0.1, 0.15) is 17.4 Å². The summed E-state index contributed by atoms with van der Waals surface area (Å²) in [5, 5.41) is 9.90. The molecule has 0 fully saturated rings. The fourth-order valence-electron chi connectivity index (χ4n) is 4.43. The molecule has 0 saturated carbocycles. The number of carbonyl (C=O) groups excluding carboxylic acids is 2. The van der Waals surface area contributed by atoms with Crippen molar-refractivity contribution >= 4 is 11.8 Å². The van der Waals surface area contributed by atoms with Crippen molar-refractivity contribution in [1.82, 2.24) is 19.8 Å². The summed E-state index contributed by atoms with van der Waals surface area (Å²) in [6, 6.07) is 14.4. The fourth-order valence-corrected chi connectivity index (χ4v) is 4.43. The molecule has 38 heavy (non-hydrogen) atoms. The van der Waals surface area contributed by atoms with Gasteiger partial charge in [-0.25, -0.2) is 4.98 Å². The van der Waals surface area contributed by atoms with Crippen LogP contribution in [0, 0.1) is 5.92 Å². The smallest absolute Gasteiger partial charge is 0.259 e. The van der Waals surface area contributed by atoms with Gasteiger partial charge in [-0.2, -0.15) is 0 Å². The number of amides is 2. The highest BCUT2D eigenvalue weighted by atomic mass is 16.5. The van der Waals surface area contributed by atoms with Gasteiger partial charge in [0.2, 0.25) is 11.8 Å². The van der Waals surface area contributed by atoms with Gasteiger partial charge >= 0.3 is 0 Å². The topological polar surface area (TPSA) is 105 Å². The van der Waals surface area contributed by atoms with Gasteiger partial charge in [0.05, 0.1) is 32.7 Å². The van der Waals surface area contributed by atoms with E-state index in [1.54, 1.807) is 42.4 Å². The highest BCUT2D eigenvalue weighted by Gasteiger charge is 2.34. The summed E-state index contributed by atoms with van der Waals surface area (Å²) >= 11 is 0. The number of hydrogen-bond donors (Lipinski definition) is 1. The standard InChI is InChI=1S/C29H34N4O5/c1-19-16-33(20(2)18-34)29(36)25-13-22(21-8-10-24(37-4)11-9-21)15-31-28(25)38-26(19)17-32(3)27(35)14-23-7-5-6-12-30-23/h5-13,15,19-20,26,34H,14,16-18H2,1-4H3/t19-,20-,26+/m0/s1. The number of pyridine rings is 2. The Morgan fingerprint density at radius 3 is 2.63 bits per heavy atom. The maximum Gasteiger partial charge on any atom is 0.259 e. The van der Waals surface area contributed by atoms with Crippen molar-refractivity contribution in [2.75, 3.05) is 33.9 Å². The summed E-state index contributed by atoms with van der Waals surface area (Å²) in [4.78, 5) is 38.7. The first-order valence-electron chi connectivity index (χ1n) is 12.7. The minimum atomic E-state index is -0.424. The summed E-state index contributed by atoms with van der Waals surface area (Å²) < 4.78 is 11.6. The number of methoxy groups -OCH3 is 1. The normalized spacial score (nSPS) is 18.0. The van der Waals surface area contributed by atoms with E-state index in [4.69, 9.17) is 9.47 Å². The Hall–Kier alpha value is -3.98. The van der Waals surface area contributed by atoms with E-state index in [0.29, 0.717) is 24.3 Å². The molecule has 9 nitrogen and oxygen atoms in total. The van der Waals surface area contributed by atoms with Crippen LogP contribution >= 0.6 is 0 Å². The second-order valence-corrected chi connectivity index (χ2v) is 9.70. The van der Waals surface area contributed by atoms with E-state index >= 15 is 0 Å². The second-order valence-electron chi connectivity index (χ2n) is 9.70. The van der Waals surface area contributed by atoms with E-state index in [9.17, 15) is 14.7 Å². The summed E-state index contributed by atoms with van der Waals surface area (Å²) in [5.41, 5.74) is 2.65. The lowest BCUT2D eigenvalue weighted by Crippen LogP contribution is -2.50. The van der Waals surface area contributed by atoms with Crippen LogP contribution in [0.2, 0.25) is 0 Å². The molecule has 2 aromatic heterocycles. The van der Waals surface area contributed by atoms with Crippen LogP contribution in [-0.4, -0.2) is 82.7 Å². The maximum atomic E-state index is 13.7. The molecule has 0 saturated heterocycles. The number of carbonyl (C=O) groups is 2. The molecule has 200 valence electrons. The molecule has 1 aliphatic rings. The maximum absolute atomic E-state index is 13.7. The van der Waals surface area contributed by atoms with Gasteiger partial charge < -0.3 is 24.4 Å². The number of hydrogen-bond acceptors (Lipinski definition) is 7. The number of aliphatic hydroxyl groups excluding tert-OH is 1. The van der Waals surface area contributed by atoms with Crippen molar-refractivity contribution in [1.29, 1.82) is 0 Å². The molecule has 3 atom stereocenters. The number of rotatable bonds is 8. The van der Waals surface area contributed by atoms with Gasteiger partial charge in [-0.05, 0) is 42.8 Å². The SMILES string of the molecule is COc1ccc(-c2cnc3c(c2)C(=O)N([C@@H](C)CO)C[C@H](C)[C@@H](CN(C)C(=O)Cc2ccccn2)O3)cc1. The molecule has 1 N–H and O–H groups in total. The number of benzene rings is 1. The van der Waals surface area contributed by atoms with Gasteiger partial charge in [-0.1, -0.05) is 25.1 Å². The summed E-state index contributed by atoms with van der Waals surface area (Å²) in [7, 11) is 3.34. The molecule has 0 radical (unpaired) electrons. The number of aliphatic hydroxyl groups is 1. The number of nitrogens with zero attached hydrogens (tertiary/aromatic N) is 4. The predicted molar refractivity (Wildman–Crippen MR) is 143 cm³/mol. The van der Waals surface area contributed by atoms with Crippen molar-refractivity contribution in [3.05, 3.63) is 72.2 Å². The van der Waals surface area contributed by atoms with Crippen LogP contribution in [0.5, 0.6) is 11.6 Å². The third kappa shape index (κ3) is 6.11. The lowest BCUT2D eigenvalue weighted by Gasteiger charge is -2.37. The third-order valence-corrected chi connectivity index (χ3v) is 6.88. The average Bonchev–Trinajstić information content (AvgIpc) is 2.94. The number of fused-ring (bicyclic) bond motifs is 1. The molecular weight excluding hydrogens is 484 g/mol. The zero-order chi connectivity index (χ0) is 27.2. The van der Waals surface area contributed by atoms with E-state index in [2.05, 4.69) is 9.97 Å². The van der Waals surface area contributed by atoms with Crippen LogP contribution in [0.15, 0.2) is 60.9 Å². The molecular formula is C29H34N4O5. The molecule has 4 rings (SSSR count). The van der Waals surface area contributed by atoms with E-state index < -0.39 is 12.1 Å². The van der Waals surface area contributed by atoms with Crippen LogP contribution < -0.4 is 9.47 Å². The van der Waals surface area contributed by atoms with E-state index in [1.807, 2.05) is 56.3 Å². The van der Waals surface area contributed by atoms with Crippen molar-refractivity contribution in [2.24, 2.45) is 5.92 Å². The first-order valence-corrected chi connectivity index (χ1v) is 12.7. The van der Waals surface area contributed by atoms with Crippen molar-refractivity contribution < 1.29 is 24.2 Å². The zero-order valence-electron chi connectivity index (χ0n) is 22.2. The highest BCUT2D eigenvalue weighted by Crippen LogP contribution is 2.31. The molecule has 3 heterocycles. The Morgan fingerprint density at radius 2 is 1.97 bits per heavy atom.